The summed E-state index contributed by atoms with van der Waals surface area (Å²) in [7, 11) is 0.276. The molecule has 0 radical (unpaired) electrons. The maximum atomic E-state index is 10.6. The second-order valence-corrected chi connectivity index (χ2v) is 6.83. The molecule has 0 amide bonds. The fraction of sp³-hybridized carbons (Fsp3) is 0.571. The first-order chi connectivity index (χ1) is 9.67. The lowest BCUT2D eigenvalue weighted by atomic mass is 10.1. The summed E-state index contributed by atoms with van der Waals surface area (Å²) < 4.78 is 5.40. The van der Waals surface area contributed by atoms with E-state index in [0.717, 1.165) is 42.5 Å². The summed E-state index contributed by atoms with van der Waals surface area (Å²) in [5.41, 5.74) is 6.93. The minimum Gasteiger partial charge on any atom is -0.377 e. The third kappa shape index (κ3) is 6.36. The number of ether oxygens (including phenoxy) is 1. The molecule has 0 saturated heterocycles. The minimum absolute atomic E-state index is 0.144. The number of hydrogen-bond donors (Lipinski definition) is 1. The Hall–Kier alpha value is -1.11. The van der Waals surface area contributed by atoms with Crippen LogP contribution >= 0.6 is 0 Å². The summed E-state index contributed by atoms with van der Waals surface area (Å²) in [4.78, 5) is 10.2. The van der Waals surface area contributed by atoms with E-state index in [0.29, 0.717) is 6.54 Å². The van der Waals surface area contributed by atoms with Gasteiger partial charge in [-0.25, -0.2) is 0 Å². The van der Waals surface area contributed by atoms with E-state index in [1.165, 1.54) is 0 Å². The van der Waals surface area contributed by atoms with Crippen LogP contribution in [0.4, 0.5) is 5.69 Å². The van der Waals surface area contributed by atoms with Gasteiger partial charge in [0.15, 0.2) is 0 Å². The number of nitro groups is 1. The van der Waals surface area contributed by atoms with Crippen LogP contribution in [0.2, 0.25) is 0 Å². The predicted octanol–water partition coefficient (Wildman–Crippen LogP) is 1.75. The van der Waals surface area contributed by atoms with Gasteiger partial charge in [0.05, 0.1) is 11.5 Å². The van der Waals surface area contributed by atoms with Crippen molar-refractivity contribution in [3.05, 3.63) is 39.9 Å². The molecule has 0 heterocycles. The number of benzene rings is 1. The van der Waals surface area contributed by atoms with Gasteiger partial charge in [-0.3, -0.25) is 10.1 Å². The summed E-state index contributed by atoms with van der Waals surface area (Å²) in [5.74, 6) is 3.15. The fourth-order valence-electron chi connectivity index (χ4n) is 1.84. The monoisotopic (exact) mass is 299 g/mol. The van der Waals surface area contributed by atoms with Gasteiger partial charge < -0.3 is 10.5 Å². The Balaban J connectivity index is 2.43. The summed E-state index contributed by atoms with van der Waals surface area (Å²) in [6.07, 6.45) is 0.938. The number of nitrogens with two attached hydrogens (primary N) is 1. The van der Waals surface area contributed by atoms with Crippen LogP contribution in [0.15, 0.2) is 24.3 Å². The molecular formula is C14H23N2O3S+. The maximum absolute atomic E-state index is 10.6. The Bertz CT molecular complexity index is 398. The van der Waals surface area contributed by atoms with Crippen molar-refractivity contribution in [1.82, 2.24) is 0 Å². The SMILES string of the molecule is CCOCC[S+](CCN)CCc1ccc([N+](=O)[O-])cc1. The van der Waals surface area contributed by atoms with Gasteiger partial charge in [-0.05, 0) is 23.4 Å². The highest BCUT2D eigenvalue weighted by atomic mass is 32.2. The van der Waals surface area contributed by atoms with E-state index in [1.54, 1.807) is 12.1 Å². The molecule has 2 N–H and O–H groups in total. The van der Waals surface area contributed by atoms with E-state index >= 15 is 0 Å². The van der Waals surface area contributed by atoms with Crippen molar-refractivity contribution >= 4 is 16.6 Å². The van der Waals surface area contributed by atoms with Crippen LogP contribution in [0, 0.1) is 10.1 Å². The molecule has 0 aromatic heterocycles. The molecule has 5 nitrogen and oxygen atoms in total. The van der Waals surface area contributed by atoms with Crippen molar-refractivity contribution in [2.24, 2.45) is 5.73 Å². The van der Waals surface area contributed by atoms with Crippen LogP contribution in [0.1, 0.15) is 12.5 Å². The van der Waals surface area contributed by atoms with Gasteiger partial charge in [0, 0.05) is 31.7 Å². The number of hydrogen-bond acceptors (Lipinski definition) is 4. The van der Waals surface area contributed by atoms with Crippen molar-refractivity contribution in [3.63, 3.8) is 0 Å². The molecule has 0 spiro atoms. The molecule has 0 saturated carbocycles. The number of aryl methyl sites for hydroxylation is 1. The molecule has 0 aliphatic rings. The third-order valence-corrected chi connectivity index (χ3v) is 5.29. The number of nitrogens with zero attached hydrogens (tertiary/aromatic N) is 1. The van der Waals surface area contributed by atoms with Crippen LogP contribution in [0.5, 0.6) is 0 Å². The van der Waals surface area contributed by atoms with E-state index in [1.807, 2.05) is 19.1 Å². The molecule has 0 fully saturated rings. The quantitative estimate of drug-likeness (QED) is 0.309. The van der Waals surface area contributed by atoms with Crippen LogP contribution in [-0.2, 0) is 22.1 Å². The summed E-state index contributed by atoms with van der Waals surface area (Å²) in [6.45, 7) is 4.25. The van der Waals surface area contributed by atoms with E-state index in [4.69, 9.17) is 10.5 Å². The first kappa shape index (κ1) is 16.9. The molecule has 0 bridgehead atoms. The normalized spacial score (nSPS) is 12.3. The Kier molecular flexibility index (Phi) is 8.25. The summed E-state index contributed by atoms with van der Waals surface area (Å²) in [5, 5.41) is 10.6. The van der Waals surface area contributed by atoms with E-state index in [9.17, 15) is 10.1 Å². The lowest BCUT2D eigenvalue weighted by Gasteiger charge is -2.08. The first-order valence-corrected chi connectivity index (χ1v) is 8.55. The number of non-ortho nitro benzene ring substituents is 1. The minimum atomic E-state index is -0.370. The molecule has 1 rings (SSSR count). The lowest BCUT2D eigenvalue weighted by Crippen LogP contribution is -2.25. The molecule has 20 heavy (non-hydrogen) atoms. The van der Waals surface area contributed by atoms with Gasteiger partial charge in [0.1, 0.15) is 17.3 Å². The van der Waals surface area contributed by atoms with Gasteiger partial charge in [-0.2, -0.15) is 0 Å². The summed E-state index contributed by atoms with van der Waals surface area (Å²) >= 11 is 0. The molecule has 1 unspecified atom stereocenters. The predicted molar refractivity (Wildman–Crippen MR) is 84.3 cm³/mol. The fourth-order valence-corrected chi connectivity index (χ4v) is 3.66. The molecule has 1 aromatic carbocycles. The van der Waals surface area contributed by atoms with Crippen LogP contribution in [-0.4, -0.2) is 41.9 Å². The third-order valence-electron chi connectivity index (χ3n) is 2.95. The van der Waals surface area contributed by atoms with Gasteiger partial charge in [-0.1, -0.05) is 12.1 Å². The Morgan fingerprint density at radius 2 is 1.95 bits per heavy atom. The highest BCUT2D eigenvalue weighted by Crippen LogP contribution is 2.13. The van der Waals surface area contributed by atoms with Crippen molar-refractivity contribution < 1.29 is 9.66 Å². The average Bonchev–Trinajstić information content (AvgIpc) is 2.45. The molecule has 0 aliphatic heterocycles. The summed E-state index contributed by atoms with van der Waals surface area (Å²) in [6, 6.07) is 6.81. The van der Waals surface area contributed by atoms with Crippen molar-refractivity contribution in [2.75, 3.05) is 37.0 Å². The van der Waals surface area contributed by atoms with E-state index < -0.39 is 0 Å². The van der Waals surface area contributed by atoms with Gasteiger partial charge in [0.2, 0.25) is 0 Å². The smallest absolute Gasteiger partial charge is 0.269 e. The first-order valence-electron chi connectivity index (χ1n) is 6.82. The highest BCUT2D eigenvalue weighted by molar-refractivity contribution is 7.96. The van der Waals surface area contributed by atoms with Crippen molar-refractivity contribution in [1.29, 1.82) is 0 Å². The number of nitro benzene ring substituents is 1. The Morgan fingerprint density at radius 1 is 1.25 bits per heavy atom. The molecule has 1 aromatic rings. The second-order valence-electron chi connectivity index (χ2n) is 4.38. The van der Waals surface area contributed by atoms with Crippen LogP contribution < -0.4 is 5.73 Å². The van der Waals surface area contributed by atoms with Crippen molar-refractivity contribution in [2.45, 2.75) is 13.3 Å². The van der Waals surface area contributed by atoms with Gasteiger partial charge >= 0.3 is 0 Å². The van der Waals surface area contributed by atoms with Crippen molar-refractivity contribution in [3.8, 4) is 0 Å². The standard InChI is InChI=1S/C14H23N2O3S/c1-2-19-9-12-20(11-8-15)10-7-13-3-5-14(6-4-13)16(17)18/h3-6H,2,7-12,15H2,1H3/q+1. The average molecular weight is 299 g/mol. The molecule has 6 heteroatoms. The zero-order chi connectivity index (χ0) is 14.8. The van der Waals surface area contributed by atoms with E-state index in [-0.39, 0.29) is 21.5 Å². The zero-order valence-electron chi connectivity index (χ0n) is 11.9. The maximum Gasteiger partial charge on any atom is 0.269 e. The molecule has 1 atom stereocenters. The Labute approximate surface area is 123 Å². The topological polar surface area (TPSA) is 78.4 Å². The highest BCUT2D eigenvalue weighted by Gasteiger charge is 2.17. The Morgan fingerprint density at radius 3 is 2.50 bits per heavy atom. The molecular weight excluding hydrogens is 276 g/mol. The van der Waals surface area contributed by atoms with E-state index in [2.05, 4.69) is 0 Å². The van der Waals surface area contributed by atoms with Gasteiger partial charge in [0.25, 0.3) is 5.69 Å². The molecule has 0 aliphatic carbocycles. The van der Waals surface area contributed by atoms with Gasteiger partial charge in [-0.15, -0.1) is 0 Å². The van der Waals surface area contributed by atoms with Crippen LogP contribution in [0.3, 0.4) is 0 Å². The second kappa shape index (κ2) is 9.74. The largest absolute Gasteiger partial charge is 0.377 e. The molecule has 112 valence electrons. The lowest BCUT2D eigenvalue weighted by molar-refractivity contribution is -0.384. The number of rotatable bonds is 10. The zero-order valence-corrected chi connectivity index (χ0v) is 12.7. The van der Waals surface area contributed by atoms with Crippen LogP contribution in [0.25, 0.3) is 0 Å².